The van der Waals surface area contributed by atoms with E-state index in [9.17, 15) is 9.59 Å². The Morgan fingerprint density at radius 2 is 2.00 bits per heavy atom. The summed E-state index contributed by atoms with van der Waals surface area (Å²) in [5.74, 6) is 1.30. The Morgan fingerprint density at radius 3 is 2.63 bits per heavy atom. The van der Waals surface area contributed by atoms with E-state index >= 15 is 0 Å². The number of thioether (sulfide) groups is 1. The maximum atomic E-state index is 13.1. The predicted molar refractivity (Wildman–Crippen MR) is 120 cm³/mol. The number of hydrogen-bond donors (Lipinski definition) is 1. The summed E-state index contributed by atoms with van der Waals surface area (Å²) in [5.41, 5.74) is 0.796. The van der Waals surface area contributed by atoms with Crippen molar-refractivity contribution >= 4 is 40.9 Å². The molecule has 0 saturated carbocycles. The number of anilines is 1. The van der Waals surface area contributed by atoms with Gasteiger partial charge in [-0.2, -0.15) is 0 Å². The predicted octanol–water partition coefficient (Wildman–Crippen LogP) is 3.45. The topological polar surface area (TPSA) is 71.1 Å². The first kappa shape index (κ1) is 22.8. The van der Waals surface area contributed by atoms with Gasteiger partial charge < -0.3 is 19.7 Å². The zero-order chi connectivity index (χ0) is 21.7. The second kappa shape index (κ2) is 10.4. The fraction of sp³-hybridized carbons (Fsp3) is 0.524. The number of carbonyl (C=O) groups is 2. The molecule has 1 aromatic carbocycles. The summed E-state index contributed by atoms with van der Waals surface area (Å²) in [4.78, 5) is 30.4. The van der Waals surface area contributed by atoms with Crippen molar-refractivity contribution in [1.29, 1.82) is 0 Å². The molecule has 30 heavy (non-hydrogen) atoms. The van der Waals surface area contributed by atoms with E-state index in [-0.39, 0.29) is 16.8 Å². The molecule has 0 aliphatic carbocycles. The molecule has 9 heteroatoms. The molecule has 0 spiro atoms. The Hall–Kier alpha value is -1.90. The molecule has 1 N–H and O–H groups in total. The van der Waals surface area contributed by atoms with Gasteiger partial charge in [0.25, 0.3) is 11.8 Å². The Balaban J connectivity index is 1.75. The van der Waals surface area contributed by atoms with Crippen molar-refractivity contribution in [1.82, 2.24) is 9.80 Å². The Labute approximate surface area is 186 Å². The third kappa shape index (κ3) is 5.22. The lowest BCUT2D eigenvalue weighted by Gasteiger charge is -2.34. The molecule has 0 unspecified atom stereocenters. The van der Waals surface area contributed by atoms with Gasteiger partial charge in [-0.3, -0.25) is 14.5 Å². The molecular formula is C21H28ClN3O4S. The van der Waals surface area contributed by atoms with Crippen LogP contribution < -0.4 is 10.1 Å². The molecule has 2 aliphatic rings. The highest BCUT2D eigenvalue weighted by molar-refractivity contribution is 8.04. The van der Waals surface area contributed by atoms with Gasteiger partial charge in [0.15, 0.2) is 0 Å². The molecule has 1 fully saturated rings. The number of rotatable bonds is 6. The summed E-state index contributed by atoms with van der Waals surface area (Å²) in [6.07, 6.45) is 1.10. The van der Waals surface area contributed by atoms with E-state index in [0.717, 1.165) is 31.8 Å². The zero-order valence-corrected chi connectivity index (χ0v) is 19.2. The minimum atomic E-state index is -0.285. The molecule has 1 aromatic rings. The normalized spacial score (nSPS) is 17.5. The van der Waals surface area contributed by atoms with E-state index < -0.39 is 0 Å². The lowest BCUT2D eigenvalue weighted by molar-refractivity contribution is -0.112. The molecule has 7 nitrogen and oxygen atoms in total. The monoisotopic (exact) mass is 453 g/mol. The lowest BCUT2D eigenvalue weighted by Crippen LogP contribution is -2.48. The molecule has 2 amide bonds. The Bertz CT molecular complexity index is 838. The van der Waals surface area contributed by atoms with Crippen LogP contribution in [0.1, 0.15) is 30.6 Å². The first-order valence-electron chi connectivity index (χ1n) is 10.1. The molecule has 2 aliphatic heterocycles. The van der Waals surface area contributed by atoms with Gasteiger partial charge in [0, 0.05) is 38.0 Å². The van der Waals surface area contributed by atoms with Crippen LogP contribution in [0.2, 0.25) is 5.02 Å². The fourth-order valence-electron chi connectivity index (χ4n) is 3.56. The highest BCUT2D eigenvalue weighted by Gasteiger charge is 2.26. The van der Waals surface area contributed by atoms with Crippen LogP contribution in [0.15, 0.2) is 22.8 Å². The summed E-state index contributed by atoms with van der Waals surface area (Å²) in [6.45, 7) is 8.62. The number of nitrogens with zero attached hydrogens (tertiary/aromatic N) is 2. The van der Waals surface area contributed by atoms with E-state index in [1.165, 1.54) is 18.9 Å². The fourth-order valence-corrected chi connectivity index (χ4v) is 4.58. The van der Waals surface area contributed by atoms with Gasteiger partial charge in [-0.05, 0) is 26.0 Å². The van der Waals surface area contributed by atoms with E-state index in [1.54, 1.807) is 19.1 Å². The van der Waals surface area contributed by atoms with Crippen molar-refractivity contribution in [2.24, 2.45) is 0 Å². The van der Waals surface area contributed by atoms with Crippen molar-refractivity contribution in [3.8, 4) is 5.75 Å². The molecule has 0 aromatic heterocycles. The standard InChI is InChI=1S/C21H28ClN3O4S/c1-4-5-24-6-8-25(9-7-24)21(27)15-12-16(22)17(13-18(15)28-3)23-20(26)19-14(2)29-10-11-30-19/h12-13H,4-11H2,1-3H3,(H,23,26). The molecule has 3 rings (SSSR count). The van der Waals surface area contributed by atoms with Gasteiger partial charge >= 0.3 is 0 Å². The summed E-state index contributed by atoms with van der Waals surface area (Å²) < 4.78 is 10.9. The van der Waals surface area contributed by atoms with E-state index in [1.807, 2.05) is 4.90 Å². The SMILES string of the molecule is CCCN1CCN(C(=O)c2cc(Cl)c(NC(=O)C3=C(C)OCCS3)cc2OC)CC1. The molecule has 0 radical (unpaired) electrons. The number of allylic oxidation sites excluding steroid dienone is 1. The number of benzene rings is 1. The molecule has 0 bridgehead atoms. The van der Waals surface area contributed by atoms with Gasteiger partial charge in [0.1, 0.15) is 16.4 Å². The third-order valence-corrected chi connectivity index (χ3v) is 6.59. The second-order valence-electron chi connectivity index (χ2n) is 7.20. The van der Waals surface area contributed by atoms with Crippen LogP contribution in [0.25, 0.3) is 0 Å². The number of piperazine rings is 1. The van der Waals surface area contributed by atoms with Crippen molar-refractivity contribution in [3.05, 3.63) is 33.4 Å². The van der Waals surface area contributed by atoms with Crippen LogP contribution in [0.3, 0.4) is 0 Å². The summed E-state index contributed by atoms with van der Waals surface area (Å²) in [6, 6.07) is 3.17. The third-order valence-electron chi connectivity index (χ3n) is 5.14. The Kier molecular flexibility index (Phi) is 7.91. The molecule has 164 valence electrons. The average molecular weight is 454 g/mol. The van der Waals surface area contributed by atoms with E-state index in [4.69, 9.17) is 21.1 Å². The zero-order valence-electron chi connectivity index (χ0n) is 17.6. The summed E-state index contributed by atoms with van der Waals surface area (Å²) >= 11 is 7.87. The van der Waals surface area contributed by atoms with Crippen molar-refractivity contribution < 1.29 is 19.1 Å². The maximum Gasteiger partial charge on any atom is 0.265 e. The van der Waals surface area contributed by atoms with Crippen molar-refractivity contribution in [3.63, 3.8) is 0 Å². The lowest BCUT2D eigenvalue weighted by atomic mass is 10.1. The largest absolute Gasteiger partial charge is 0.496 e. The van der Waals surface area contributed by atoms with Gasteiger partial charge in [0.2, 0.25) is 0 Å². The number of amides is 2. The second-order valence-corrected chi connectivity index (χ2v) is 8.71. The van der Waals surface area contributed by atoms with Crippen molar-refractivity contribution in [2.45, 2.75) is 20.3 Å². The number of carbonyl (C=O) groups excluding carboxylic acids is 2. The van der Waals surface area contributed by atoms with Gasteiger partial charge in [-0.25, -0.2) is 0 Å². The van der Waals surface area contributed by atoms with Crippen LogP contribution in [0.5, 0.6) is 5.75 Å². The number of nitrogens with one attached hydrogen (secondary N) is 1. The van der Waals surface area contributed by atoms with Crippen molar-refractivity contribution in [2.75, 3.05) is 57.5 Å². The van der Waals surface area contributed by atoms with Gasteiger partial charge in [-0.1, -0.05) is 18.5 Å². The maximum absolute atomic E-state index is 13.1. The number of hydrogen-bond acceptors (Lipinski definition) is 6. The first-order chi connectivity index (χ1) is 14.4. The minimum Gasteiger partial charge on any atom is -0.496 e. The minimum absolute atomic E-state index is 0.113. The highest BCUT2D eigenvalue weighted by Crippen LogP contribution is 2.34. The van der Waals surface area contributed by atoms with Crippen LogP contribution in [-0.2, 0) is 9.53 Å². The molecular weight excluding hydrogens is 426 g/mol. The average Bonchev–Trinajstić information content (AvgIpc) is 2.75. The van der Waals surface area contributed by atoms with Gasteiger partial charge in [-0.15, -0.1) is 11.8 Å². The smallest absolute Gasteiger partial charge is 0.265 e. The highest BCUT2D eigenvalue weighted by atomic mass is 35.5. The van der Waals surface area contributed by atoms with Crippen LogP contribution in [-0.4, -0.2) is 73.8 Å². The van der Waals surface area contributed by atoms with Crippen LogP contribution >= 0.6 is 23.4 Å². The van der Waals surface area contributed by atoms with E-state index in [0.29, 0.717) is 47.4 Å². The van der Waals surface area contributed by atoms with Crippen LogP contribution in [0.4, 0.5) is 5.69 Å². The molecule has 1 saturated heterocycles. The molecule has 2 heterocycles. The first-order valence-corrected chi connectivity index (χ1v) is 11.5. The number of ether oxygens (including phenoxy) is 2. The summed E-state index contributed by atoms with van der Waals surface area (Å²) in [5, 5.41) is 3.10. The number of halogens is 1. The quantitative estimate of drug-likeness (QED) is 0.711. The molecule has 0 atom stereocenters. The Morgan fingerprint density at radius 1 is 1.27 bits per heavy atom. The summed E-state index contributed by atoms with van der Waals surface area (Å²) in [7, 11) is 1.50. The number of methoxy groups -OCH3 is 1. The van der Waals surface area contributed by atoms with E-state index in [2.05, 4.69) is 17.1 Å². The van der Waals surface area contributed by atoms with Crippen LogP contribution in [0, 0.1) is 0 Å². The van der Waals surface area contributed by atoms with Gasteiger partial charge in [0.05, 0.1) is 30.0 Å².